The lowest BCUT2D eigenvalue weighted by Crippen LogP contribution is -2.22. The van der Waals surface area contributed by atoms with Crippen LogP contribution in [0.1, 0.15) is 28.4 Å². The molecule has 4 aromatic rings. The zero-order valence-corrected chi connectivity index (χ0v) is 18.9. The van der Waals surface area contributed by atoms with Gasteiger partial charge in [0.25, 0.3) is 0 Å². The molecule has 0 radical (unpaired) electrons. The van der Waals surface area contributed by atoms with Crippen molar-refractivity contribution in [3.63, 3.8) is 0 Å². The Balaban J connectivity index is 1.55. The lowest BCUT2D eigenvalue weighted by molar-refractivity contribution is -0.109. The van der Waals surface area contributed by atoms with Crippen molar-refractivity contribution >= 4 is 29.7 Å². The van der Waals surface area contributed by atoms with Gasteiger partial charge in [-0.25, -0.2) is 9.97 Å². The predicted octanol–water partition coefficient (Wildman–Crippen LogP) is 4.96. The zero-order chi connectivity index (χ0) is 23.7. The van der Waals surface area contributed by atoms with Gasteiger partial charge in [-0.2, -0.15) is 0 Å². The molecule has 0 fully saturated rings. The molecular weight excluding hydrogens is 424 g/mol. The van der Waals surface area contributed by atoms with E-state index in [0.29, 0.717) is 11.6 Å². The first-order chi connectivity index (χ1) is 16.5. The fourth-order valence-electron chi connectivity index (χ4n) is 4.05. The van der Waals surface area contributed by atoms with E-state index in [0.717, 1.165) is 56.7 Å². The molecule has 0 saturated heterocycles. The van der Waals surface area contributed by atoms with Crippen molar-refractivity contribution in [3.05, 3.63) is 89.5 Å². The summed E-state index contributed by atoms with van der Waals surface area (Å²) in [5, 5.41) is 6.52. The molecule has 0 saturated carbocycles. The molecule has 168 valence electrons. The monoisotopic (exact) mass is 448 g/mol. The molecule has 7 nitrogen and oxygen atoms in total. The van der Waals surface area contributed by atoms with Crippen molar-refractivity contribution in [2.75, 3.05) is 11.1 Å². The predicted molar refractivity (Wildman–Crippen MR) is 135 cm³/mol. The molecule has 1 unspecified atom stereocenters. The highest BCUT2D eigenvalue weighted by molar-refractivity contribution is 5.80. The number of rotatable bonds is 5. The molecule has 1 aromatic carbocycles. The molecule has 1 atom stereocenters. The van der Waals surface area contributed by atoms with Crippen LogP contribution in [0.25, 0.3) is 28.5 Å². The summed E-state index contributed by atoms with van der Waals surface area (Å²) in [6.45, 7) is 3.90. The van der Waals surface area contributed by atoms with Crippen LogP contribution < -0.4 is 16.4 Å². The van der Waals surface area contributed by atoms with E-state index in [9.17, 15) is 4.79 Å². The Morgan fingerprint density at radius 2 is 1.82 bits per heavy atom. The van der Waals surface area contributed by atoms with Gasteiger partial charge in [0.15, 0.2) is 0 Å². The van der Waals surface area contributed by atoms with Crippen LogP contribution in [0.15, 0.2) is 67.1 Å². The highest BCUT2D eigenvalue weighted by Gasteiger charge is 2.23. The summed E-state index contributed by atoms with van der Waals surface area (Å²) in [6.07, 6.45) is 8.14. The number of hydrogen-bond acceptors (Lipinski definition) is 7. The van der Waals surface area contributed by atoms with Crippen LogP contribution in [0, 0.1) is 13.8 Å². The first-order valence-corrected chi connectivity index (χ1v) is 11.0. The summed E-state index contributed by atoms with van der Waals surface area (Å²) in [6, 6.07) is 15.6. The average Bonchev–Trinajstić information content (AvgIpc) is 2.85. The van der Waals surface area contributed by atoms with Crippen LogP contribution in [-0.2, 0) is 4.79 Å². The Morgan fingerprint density at radius 1 is 1.00 bits per heavy atom. The van der Waals surface area contributed by atoms with E-state index in [1.165, 1.54) is 0 Å². The topological polar surface area (TPSA) is 106 Å². The number of pyridine rings is 3. The Labute approximate surface area is 197 Å². The number of carbonyl (C=O) groups is 1. The number of anilines is 3. The van der Waals surface area contributed by atoms with Gasteiger partial charge in [-0.15, -0.1) is 0 Å². The minimum absolute atomic E-state index is 0.491. The number of fused-ring (bicyclic) bond motifs is 1. The number of hydrogen-bond donors (Lipinski definition) is 3. The van der Waals surface area contributed by atoms with Crippen molar-refractivity contribution < 1.29 is 4.79 Å². The van der Waals surface area contributed by atoms with E-state index < -0.39 is 6.04 Å². The molecule has 34 heavy (non-hydrogen) atoms. The summed E-state index contributed by atoms with van der Waals surface area (Å²) < 4.78 is 0. The Bertz CT molecular complexity index is 1410. The second-order valence-electron chi connectivity index (χ2n) is 8.29. The number of nitrogens with zero attached hydrogens (tertiary/aromatic N) is 3. The number of aryl methyl sites for hydroxylation is 2. The van der Waals surface area contributed by atoms with Gasteiger partial charge in [0, 0.05) is 34.9 Å². The van der Waals surface area contributed by atoms with Gasteiger partial charge in [0.05, 0.1) is 5.69 Å². The van der Waals surface area contributed by atoms with Gasteiger partial charge >= 0.3 is 0 Å². The molecule has 5 rings (SSSR count). The third-order valence-electron chi connectivity index (χ3n) is 5.87. The molecule has 0 aliphatic carbocycles. The third-order valence-corrected chi connectivity index (χ3v) is 5.87. The Kier molecular flexibility index (Phi) is 5.51. The number of nitrogen functional groups attached to an aromatic ring is 1. The first kappa shape index (κ1) is 21.3. The third kappa shape index (κ3) is 4.11. The van der Waals surface area contributed by atoms with Crippen LogP contribution in [0.4, 0.5) is 17.3 Å². The summed E-state index contributed by atoms with van der Waals surface area (Å²) in [5.41, 5.74) is 14.2. The lowest BCUT2D eigenvalue weighted by atomic mass is 9.97. The fourth-order valence-corrected chi connectivity index (χ4v) is 4.05. The molecule has 0 bridgehead atoms. The molecule has 0 amide bonds. The van der Waals surface area contributed by atoms with Crippen LogP contribution in [0.5, 0.6) is 0 Å². The minimum Gasteiger partial charge on any atom is -0.383 e. The Hall–Kier alpha value is -4.52. The second-order valence-corrected chi connectivity index (χ2v) is 8.29. The fraction of sp³-hybridized carbons (Fsp3) is 0.111. The van der Waals surface area contributed by atoms with Gasteiger partial charge in [-0.1, -0.05) is 12.1 Å². The van der Waals surface area contributed by atoms with E-state index in [2.05, 4.69) is 38.8 Å². The lowest BCUT2D eigenvalue weighted by Gasteiger charge is -2.23. The number of aldehydes is 1. The van der Waals surface area contributed by atoms with E-state index in [4.69, 9.17) is 10.7 Å². The van der Waals surface area contributed by atoms with Gasteiger partial charge in [0.1, 0.15) is 24.0 Å². The van der Waals surface area contributed by atoms with E-state index in [-0.39, 0.29) is 0 Å². The molecule has 4 heterocycles. The Morgan fingerprint density at radius 3 is 2.56 bits per heavy atom. The molecule has 7 heteroatoms. The standard InChI is InChI=1S/C27H24N6O/c1-16-11-21(14-31-26(16)28)23-13-20-8-10-30-24(15-34)25(20)27(33-23)32-22-5-3-18(4-6-22)19-7-9-29-17(2)12-19/h3-15,24,30H,1-2H3,(H2,28,31)(H,32,33). The van der Waals surface area contributed by atoms with Crippen molar-refractivity contribution in [2.24, 2.45) is 0 Å². The van der Waals surface area contributed by atoms with Crippen LogP contribution in [0.2, 0.25) is 0 Å². The maximum Gasteiger partial charge on any atom is 0.146 e. The zero-order valence-electron chi connectivity index (χ0n) is 18.9. The average molecular weight is 449 g/mol. The van der Waals surface area contributed by atoms with Crippen LogP contribution in [-0.4, -0.2) is 21.2 Å². The number of carbonyl (C=O) groups excluding carboxylic acids is 1. The highest BCUT2D eigenvalue weighted by atomic mass is 16.1. The van der Waals surface area contributed by atoms with E-state index in [1.807, 2.05) is 56.5 Å². The summed E-state index contributed by atoms with van der Waals surface area (Å²) in [5.74, 6) is 1.11. The SMILES string of the molecule is Cc1cc(-c2ccc(Nc3nc(-c4cnc(N)c(C)c4)cc4c3C(C=O)NC=C4)cc2)ccn1. The maximum atomic E-state index is 11.8. The van der Waals surface area contributed by atoms with Gasteiger partial charge in [-0.05, 0) is 84.8 Å². The van der Waals surface area contributed by atoms with Gasteiger partial charge < -0.3 is 21.2 Å². The molecule has 4 N–H and O–H groups in total. The maximum absolute atomic E-state index is 11.8. The quantitative estimate of drug-likeness (QED) is 0.370. The summed E-state index contributed by atoms with van der Waals surface area (Å²) >= 11 is 0. The summed E-state index contributed by atoms with van der Waals surface area (Å²) in [4.78, 5) is 25.2. The number of nitrogens with two attached hydrogens (primary N) is 1. The molecular formula is C27H24N6O. The number of aromatic nitrogens is 3. The molecule has 1 aliphatic rings. The van der Waals surface area contributed by atoms with Crippen LogP contribution in [0.3, 0.4) is 0 Å². The van der Waals surface area contributed by atoms with Gasteiger partial charge in [0.2, 0.25) is 0 Å². The minimum atomic E-state index is -0.491. The first-order valence-electron chi connectivity index (χ1n) is 11.0. The molecule has 0 spiro atoms. The number of nitrogens with one attached hydrogen (secondary N) is 2. The van der Waals surface area contributed by atoms with Crippen molar-refractivity contribution in [3.8, 4) is 22.4 Å². The van der Waals surface area contributed by atoms with Crippen LogP contribution >= 0.6 is 0 Å². The molecule has 1 aliphatic heterocycles. The van der Waals surface area contributed by atoms with E-state index in [1.54, 1.807) is 12.4 Å². The highest BCUT2D eigenvalue weighted by Crippen LogP contribution is 2.34. The second kappa shape index (κ2) is 8.78. The van der Waals surface area contributed by atoms with Crippen molar-refractivity contribution in [1.82, 2.24) is 20.3 Å². The smallest absolute Gasteiger partial charge is 0.146 e. The largest absolute Gasteiger partial charge is 0.383 e. The van der Waals surface area contributed by atoms with E-state index >= 15 is 0 Å². The summed E-state index contributed by atoms with van der Waals surface area (Å²) in [7, 11) is 0. The number of benzene rings is 1. The van der Waals surface area contributed by atoms with Crippen molar-refractivity contribution in [2.45, 2.75) is 19.9 Å². The van der Waals surface area contributed by atoms with Gasteiger partial charge in [-0.3, -0.25) is 4.98 Å². The normalized spacial score (nSPS) is 14.2. The van der Waals surface area contributed by atoms with Crippen molar-refractivity contribution in [1.29, 1.82) is 0 Å². The molecule has 3 aromatic heterocycles.